The van der Waals surface area contributed by atoms with E-state index in [0.29, 0.717) is 19.4 Å². The second kappa shape index (κ2) is 5.08. The summed E-state index contributed by atoms with van der Waals surface area (Å²) in [5, 5.41) is 2.29. The van der Waals surface area contributed by atoms with Crippen LogP contribution in [0, 0.1) is 0 Å². The zero-order valence-corrected chi connectivity index (χ0v) is 5.02. The van der Waals surface area contributed by atoms with Crippen molar-refractivity contribution in [2.75, 3.05) is 6.54 Å². The molecule has 0 aliphatic heterocycles. The van der Waals surface area contributed by atoms with Crippen LogP contribution < -0.4 is 11.1 Å². The van der Waals surface area contributed by atoms with Gasteiger partial charge in [-0.2, -0.15) is 0 Å². The van der Waals surface area contributed by atoms with Gasteiger partial charge in [-0.25, -0.2) is 0 Å². The van der Waals surface area contributed by atoms with Crippen molar-refractivity contribution in [2.24, 2.45) is 5.73 Å². The molecule has 0 aromatic rings. The fourth-order valence-corrected chi connectivity index (χ4v) is 0.402. The van der Waals surface area contributed by atoms with Crippen LogP contribution in [0.3, 0.4) is 0 Å². The first-order valence-electron chi connectivity index (χ1n) is 2.65. The Morgan fingerprint density at radius 1 is 1.67 bits per heavy atom. The molecule has 0 saturated heterocycles. The Labute approximate surface area is 53.4 Å². The summed E-state index contributed by atoms with van der Waals surface area (Å²) in [7, 11) is 0. The number of rotatable bonds is 5. The molecule has 51 valence electrons. The summed E-state index contributed by atoms with van der Waals surface area (Å²) >= 11 is 0. The lowest BCUT2D eigenvalue weighted by atomic mass is 10.3. The molecule has 0 atom stereocenters. The number of carbonyl (C=O) groups is 1. The highest BCUT2D eigenvalue weighted by Gasteiger charge is 1.91. The molecule has 1 radical (unpaired) electrons. The third-order valence-corrected chi connectivity index (χ3v) is 0.797. The Morgan fingerprint density at radius 3 is 2.78 bits per heavy atom. The molecule has 3 N–H and O–H groups in total. The molecular weight excluding hydrogens is 120 g/mol. The SMILES string of the molecule is NC(=O)CCCN[C]=O. The van der Waals surface area contributed by atoms with Gasteiger partial charge in [-0.05, 0) is 6.42 Å². The molecule has 0 aliphatic rings. The molecule has 0 rings (SSSR count). The smallest absolute Gasteiger partial charge is 0.309 e. The van der Waals surface area contributed by atoms with E-state index in [9.17, 15) is 9.59 Å². The molecule has 0 aromatic heterocycles. The van der Waals surface area contributed by atoms with Gasteiger partial charge < -0.3 is 11.1 Å². The highest BCUT2D eigenvalue weighted by atomic mass is 16.1. The molecule has 9 heavy (non-hydrogen) atoms. The highest BCUT2D eigenvalue weighted by Crippen LogP contribution is 1.82. The Morgan fingerprint density at radius 2 is 2.33 bits per heavy atom. The molecule has 0 aromatic carbocycles. The van der Waals surface area contributed by atoms with E-state index >= 15 is 0 Å². The molecule has 0 heterocycles. The van der Waals surface area contributed by atoms with Crippen LogP contribution in [-0.4, -0.2) is 18.9 Å². The summed E-state index contributed by atoms with van der Waals surface area (Å²) in [5.74, 6) is -0.345. The van der Waals surface area contributed by atoms with Gasteiger partial charge >= 0.3 is 6.41 Å². The van der Waals surface area contributed by atoms with Gasteiger partial charge in [0.25, 0.3) is 0 Å². The van der Waals surface area contributed by atoms with Gasteiger partial charge in [-0.1, -0.05) is 0 Å². The van der Waals surface area contributed by atoms with E-state index in [0.717, 1.165) is 0 Å². The van der Waals surface area contributed by atoms with Crippen LogP contribution in [-0.2, 0) is 9.59 Å². The first-order valence-corrected chi connectivity index (χ1v) is 2.65. The molecule has 0 bridgehead atoms. The Bertz CT molecular complexity index is 103. The van der Waals surface area contributed by atoms with E-state index in [1.165, 1.54) is 6.41 Å². The second-order valence-electron chi connectivity index (χ2n) is 1.60. The Balaban J connectivity index is 2.91. The maximum Gasteiger partial charge on any atom is 0.309 e. The van der Waals surface area contributed by atoms with Gasteiger partial charge in [0, 0.05) is 13.0 Å². The molecule has 4 nitrogen and oxygen atoms in total. The normalized spacial score (nSPS) is 8.44. The van der Waals surface area contributed by atoms with E-state index in [1.807, 2.05) is 0 Å². The lowest BCUT2D eigenvalue weighted by molar-refractivity contribution is -0.118. The van der Waals surface area contributed by atoms with E-state index in [4.69, 9.17) is 5.73 Å². The topological polar surface area (TPSA) is 72.2 Å². The van der Waals surface area contributed by atoms with Crippen molar-refractivity contribution in [1.29, 1.82) is 0 Å². The van der Waals surface area contributed by atoms with Crippen LogP contribution in [0.25, 0.3) is 0 Å². The number of hydrogen-bond acceptors (Lipinski definition) is 2. The third kappa shape index (κ3) is 6.94. The number of amides is 2. The maximum absolute atomic E-state index is 10.1. The Kier molecular flexibility index (Phi) is 4.49. The van der Waals surface area contributed by atoms with E-state index in [-0.39, 0.29) is 5.91 Å². The lowest BCUT2D eigenvalue weighted by Crippen LogP contribution is -2.16. The number of nitrogens with one attached hydrogen (secondary N) is 1. The fraction of sp³-hybridized carbons (Fsp3) is 0.600. The molecule has 0 aliphatic carbocycles. The Hall–Kier alpha value is -1.06. The average Bonchev–Trinajstić information content (AvgIpc) is 1.80. The van der Waals surface area contributed by atoms with Gasteiger partial charge in [-0.15, -0.1) is 0 Å². The predicted molar refractivity (Wildman–Crippen MR) is 32.1 cm³/mol. The van der Waals surface area contributed by atoms with Crippen LogP contribution in [0.15, 0.2) is 0 Å². The summed E-state index contributed by atoms with van der Waals surface area (Å²) in [4.78, 5) is 19.6. The first kappa shape index (κ1) is 7.94. The maximum atomic E-state index is 10.1. The summed E-state index contributed by atoms with van der Waals surface area (Å²) in [6.07, 6.45) is 2.39. The van der Waals surface area contributed by atoms with Gasteiger partial charge in [0.05, 0.1) is 0 Å². The van der Waals surface area contributed by atoms with Crippen LogP contribution in [0.1, 0.15) is 12.8 Å². The van der Waals surface area contributed by atoms with Crippen molar-refractivity contribution in [3.63, 3.8) is 0 Å². The minimum Gasteiger partial charge on any atom is -0.370 e. The minimum absolute atomic E-state index is 0.314. The number of nitrogens with two attached hydrogens (primary N) is 1. The minimum atomic E-state index is -0.345. The fourth-order valence-electron chi connectivity index (χ4n) is 0.402. The van der Waals surface area contributed by atoms with Gasteiger partial charge in [-0.3, -0.25) is 9.59 Å². The molecule has 0 unspecified atom stereocenters. The van der Waals surface area contributed by atoms with Crippen molar-refractivity contribution >= 4 is 12.3 Å². The molecule has 0 fully saturated rings. The monoisotopic (exact) mass is 129 g/mol. The largest absolute Gasteiger partial charge is 0.370 e. The van der Waals surface area contributed by atoms with Crippen molar-refractivity contribution in [3.05, 3.63) is 0 Å². The predicted octanol–water partition coefficient (Wildman–Crippen LogP) is -1.09. The van der Waals surface area contributed by atoms with E-state index in [2.05, 4.69) is 5.32 Å². The van der Waals surface area contributed by atoms with E-state index < -0.39 is 0 Å². The third-order valence-electron chi connectivity index (χ3n) is 0.797. The molecule has 0 spiro atoms. The lowest BCUT2D eigenvalue weighted by Gasteiger charge is -1.92. The van der Waals surface area contributed by atoms with Crippen LogP contribution >= 0.6 is 0 Å². The van der Waals surface area contributed by atoms with E-state index in [1.54, 1.807) is 0 Å². The standard InChI is InChI=1S/C5H9N2O2/c6-5(9)2-1-3-7-4-8/h1-3H2,(H2,6,9)(H,7,8). The zero-order valence-electron chi connectivity index (χ0n) is 5.02. The average molecular weight is 129 g/mol. The molecule has 4 heteroatoms. The molecular formula is C5H9N2O2. The summed E-state index contributed by atoms with van der Waals surface area (Å²) < 4.78 is 0. The molecule has 2 amide bonds. The second-order valence-corrected chi connectivity index (χ2v) is 1.60. The van der Waals surface area contributed by atoms with Crippen molar-refractivity contribution < 1.29 is 9.59 Å². The van der Waals surface area contributed by atoms with Gasteiger partial charge in [0.1, 0.15) is 0 Å². The van der Waals surface area contributed by atoms with Gasteiger partial charge in [0.2, 0.25) is 5.91 Å². The van der Waals surface area contributed by atoms with Gasteiger partial charge in [0.15, 0.2) is 0 Å². The summed E-state index contributed by atoms with van der Waals surface area (Å²) in [5.41, 5.74) is 4.81. The quantitative estimate of drug-likeness (QED) is 0.365. The zero-order chi connectivity index (χ0) is 7.11. The highest BCUT2D eigenvalue weighted by molar-refractivity contribution is 5.73. The summed E-state index contributed by atoms with van der Waals surface area (Å²) in [6.45, 7) is 0.465. The number of hydrogen-bond donors (Lipinski definition) is 2. The van der Waals surface area contributed by atoms with Crippen molar-refractivity contribution in [3.8, 4) is 0 Å². The van der Waals surface area contributed by atoms with Crippen LogP contribution in [0.2, 0.25) is 0 Å². The number of carbonyl (C=O) groups excluding carboxylic acids is 2. The van der Waals surface area contributed by atoms with Crippen LogP contribution in [0.5, 0.6) is 0 Å². The summed E-state index contributed by atoms with van der Waals surface area (Å²) in [6, 6.07) is 0. The van der Waals surface area contributed by atoms with Crippen molar-refractivity contribution in [2.45, 2.75) is 12.8 Å². The number of primary amides is 1. The van der Waals surface area contributed by atoms with Crippen molar-refractivity contribution in [1.82, 2.24) is 5.32 Å². The first-order chi connectivity index (χ1) is 4.27. The van der Waals surface area contributed by atoms with Crippen LogP contribution in [0.4, 0.5) is 0 Å². The molecule has 0 saturated carbocycles.